The van der Waals surface area contributed by atoms with Gasteiger partial charge in [-0.25, -0.2) is 0 Å². The fourth-order valence-electron chi connectivity index (χ4n) is 1.91. The topological polar surface area (TPSA) is 38.1 Å². The van der Waals surface area contributed by atoms with Gasteiger partial charge >= 0.3 is 0 Å². The summed E-state index contributed by atoms with van der Waals surface area (Å²) in [4.78, 5) is 0. The Morgan fingerprint density at radius 1 is 1.17 bits per heavy atom. The van der Waals surface area contributed by atoms with E-state index in [0.29, 0.717) is 6.04 Å². The first-order chi connectivity index (χ1) is 8.56. The maximum Gasteiger partial charge on any atom is 0.133 e. The van der Waals surface area contributed by atoms with Crippen LogP contribution in [0.25, 0.3) is 0 Å². The van der Waals surface area contributed by atoms with Gasteiger partial charge in [0.05, 0.1) is 5.69 Å². The molecule has 0 aliphatic carbocycles. The number of hydrogen-bond donors (Lipinski definition) is 1. The van der Waals surface area contributed by atoms with E-state index < -0.39 is 0 Å². The average Bonchev–Trinajstić information content (AvgIpc) is 2.75. The Bertz CT molecular complexity index is 531. The molecule has 96 valence electrons. The van der Waals surface area contributed by atoms with E-state index in [9.17, 15) is 0 Å². The predicted octanol–water partition coefficient (Wildman–Crippen LogP) is 3.45. The van der Waals surface area contributed by atoms with Gasteiger partial charge in [-0.15, -0.1) is 0 Å². The Kier molecular flexibility index (Phi) is 3.82. The third-order valence-electron chi connectivity index (χ3n) is 3.30. The van der Waals surface area contributed by atoms with Crippen LogP contribution in [0.4, 0.5) is 0 Å². The summed E-state index contributed by atoms with van der Waals surface area (Å²) in [6.07, 6.45) is 0. The van der Waals surface area contributed by atoms with Gasteiger partial charge in [0.2, 0.25) is 0 Å². The first-order valence-corrected chi connectivity index (χ1v) is 6.29. The van der Waals surface area contributed by atoms with Crippen molar-refractivity contribution in [1.29, 1.82) is 0 Å². The maximum absolute atomic E-state index is 5.05. The Balaban J connectivity index is 1.99. The highest BCUT2D eigenvalue weighted by Crippen LogP contribution is 2.17. The number of hydrogen-bond acceptors (Lipinski definition) is 3. The van der Waals surface area contributed by atoms with Crippen LogP contribution in [0.5, 0.6) is 0 Å². The summed E-state index contributed by atoms with van der Waals surface area (Å²) in [5.74, 6) is 0.852. The van der Waals surface area contributed by atoms with Gasteiger partial charge in [0.25, 0.3) is 0 Å². The van der Waals surface area contributed by atoms with Gasteiger partial charge in [-0.1, -0.05) is 23.4 Å². The molecule has 2 aromatic rings. The zero-order valence-electron chi connectivity index (χ0n) is 11.4. The van der Waals surface area contributed by atoms with Crippen LogP contribution in [0.15, 0.2) is 28.8 Å². The standard InChI is InChI=1S/C15H20N2O/c1-10-5-6-14(7-11(10)2)13(4)16-9-15-8-12(3)18-17-15/h5-8,13,16H,9H2,1-4H3. The summed E-state index contributed by atoms with van der Waals surface area (Å²) < 4.78 is 5.05. The van der Waals surface area contributed by atoms with Crippen LogP contribution in [-0.2, 0) is 6.54 Å². The largest absolute Gasteiger partial charge is 0.361 e. The first kappa shape index (κ1) is 12.8. The van der Waals surface area contributed by atoms with E-state index in [1.807, 2.05) is 13.0 Å². The number of nitrogens with zero attached hydrogens (tertiary/aromatic N) is 1. The van der Waals surface area contributed by atoms with Crippen LogP contribution in [-0.4, -0.2) is 5.16 Å². The second-order valence-corrected chi connectivity index (χ2v) is 4.88. The Hall–Kier alpha value is -1.61. The molecule has 0 aliphatic heterocycles. The summed E-state index contributed by atoms with van der Waals surface area (Å²) in [5.41, 5.74) is 4.91. The Morgan fingerprint density at radius 3 is 2.56 bits per heavy atom. The summed E-state index contributed by atoms with van der Waals surface area (Å²) in [5, 5.41) is 7.43. The quantitative estimate of drug-likeness (QED) is 0.895. The third kappa shape index (κ3) is 2.99. The lowest BCUT2D eigenvalue weighted by Crippen LogP contribution is -2.18. The molecule has 0 spiro atoms. The molecule has 1 heterocycles. The molecule has 0 saturated carbocycles. The van der Waals surface area contributed by atoms with Crippen molar-refractivity contribution >= 4 is 0 Å². The minimum absolute atomic E-state index is 0.307. The number of nitrogens with one attached hydrogen (secondary N) is 1. The van der Waals surface area contributed by atoms with Crippen molar-refractivity contribution < 1.29 is 4.52 Å². The lowest BCUT2D eigenvalue weighted by Gasteiger charge is -2.14. The van der Waals surface area contributed by atoms with Crippen molar-refractivity contribution in [3.63, 3.8) is 0 Å². The molecular formula is C15H20N2O. The second-order valence-electron chi connectivity index (χ2n) is 4.88. The Morgan fingerprint density at radius 2 is 1.94 bits per heavy atom. The van der Waals surface area contributed by atoms with Crippen molar-refractivity contribution in [2.24, 2.45) is 0 Å². The van der Waals surface area contributed by atoms with Gasteiger partial charge in [0.1, 0.15) is 5.76 Å². The Labute approximate surface area is 108 Å². The van der Waals surface area contributed by atoms with Gasteiger partial charge in [-0.05, 0) is 44.4 Å². The fourth-order valence-corrected chi connectivity index (χ4v) is 1.91. The smallest absolute Gasteiger partial charge is 0.133 e. The average molecular weight is 244 g/mol. The van der Waals surface area contributed by atoms with E-state index in [1.54, 1.807) is 0 Å². The molecule has 0 amide bonds. The van der Waals surface area contributed by atoms with E-state index in [1.165, 1.54) is 16.7 Å². The number of aryl methyl sites for hydroxylation is 3. The van der Waals surface area contributed by atoms with Crippen molar-refractivity contribution in [3.8, 4) is 0 Å². The second kappa shape index (κ2) is 5.36. The zero-order valence-corrected chi connectivity index (χ0v) is 11.4. The van der Waals surface area contributed by atoms with Gasteiger partial charge in [-0.2, -0.15) is 0 Å². The summed E-state index contributed by atoms with van der Waals surface area (Å²) in [6.45, 7) is 9.08. The molecule has 1 aromatic heterocycles. The van der Waals surface area contributed by atoms with Gasteiger partial charge in [0.15, 0.2) is 0 Å². The van der Waals surface area contributed by atoms with Crippen molar-refractivity contribution in [3.05, 3.63) is 52.4 Å². The normalized spacial score (nSPS) is 12.7. The summed E-state index contributed by atoms with van der Waals surface area (Å²) >= 11 is 0. The van der Waals surface area contributed by atoms with Crippen molar-refractivity contribution in [2.75, 3.05) is 0 Å². The highest BCUT2D eigenvalue weighted by atomic mass is 16.5. The first-order valence-electron chi connectivity index (χ1n) is 6.29. The monoisotopic (exact) mass is 244 g/mol. The molecule has 1 aromatic carbocycles. The molecule has 3 nitrogen and oxygen atoms in total. The van der Waals surface area contributed by atoms with Crippen LogP contribution in [0.1, 0.15) is 41.1 Å². The van der Waals surface area contributed by atoms with Crippen LogP contribution < -0.4 is 5.32 Å². The molecule has 18 heavy (non-hydrogen) atoms. The summed E-state index contributed by atoms with van der Waals surface area (Å²) in [7, 11) is 0. The minimum Gasteiger partial charge on any atom is -0.361 e. The van der Waals surface area contributed by atoms with E-state index >= 15 is 0 Å². The van der Waals surface area contributed by atoms with Crippen molar-refractivity contribution in [1.82, 2.24) is 10.5 Å². The lowest BCUT2D eigenvalue weighted by molar-refractivity contribution is 0.386. The van der Waals surface area contributed by atoms with Crippen LogP contribution in [0, 0.1) is 20.8 Å². The molecule has 1 atom stereocenters. The molecule has 0 aliphatic rings. The summed E-state index contributed by atoms with van der Waals surface area (Å²) in [6, 6.07) is 8.85. The molecule has 0 bridgehead atoms. The van der Waals surface area contributed by atoms with Gasteiger partial charge in [-0.3, -0.25) is 0 Å². The van der Waals surface area contributed by atoms with E-state index in [2.05, 4.69) is 49.4 Å². The number of benzene rings is 1. The maximum atomic E-state index is 5.05. The molecule has 0 fully saturated rings. The SMILES string of the molecule is Cc1cc(CNC(C)c2ccc(C)c(C)c2)no1. The molecule has 0 saturated heterocycles. The van der Waals surface area contributed by atoms with Crippen molar-refractivity contribution in [2.45, 2.75) is 40.3 Å². The highest BCUT2D eigenvalue weighted by Gasteiger charge is 2.07. The number of rotatable bonds is 4. The lowest BCUT2D eigenvalue weighted by atomic mass is 10.0. The molecule has 3 heteroatoms. The molecule has 1 unspecified atom stereocenters. The van der Waals surface area contributed by atoms with Gasteiger partial charge in [0, 0.05) is 18.7 Å². The van der Waals surface area contributed by atoms with E-state index in [0.717, 1.165) is 18.0 Å². The number of aromatic nitrogens is 1. The minimum atomic E-state index is 0.307. The third-order valence-corrected chi connectivity index (χ3v) is 3.30. The van der Waals surface area contributed by atoms with Crippen LogP contribution in [0.3, 0.4) is 0 Å². The highest BCUT2D eigenvalue weighted by molar-refractivity contribution is 5.31. The predicted molar refractivity (Wildman–Crippen MR) is 72.4 cm³/mol. The molecular weight excluding hydrogens is 224 g/mol. The fraction of sp³-hybridized carbons (Fsp3) is 0.400. The molecule has 2 rings (SSSR count). The van der Waals surface area contributed by atoms with E-state index in [-0.39, 0.29) is 0 Å². The van der Waals surface area contributed by atoms with Crippen LogP contribution in [0.2, 0.25) is 0 Å². The zero-order chi connectivity index (χ0) is 13.1. The van der Waals surface area contributed by atoms with Crippen LogP contribution >= 0.6 is 0 Å². The molecule has 1 N–H and O–H groups in total. The molecule has 0 radical (unpaired) electrons. The van der Waals surface area contributed by atoms with E-state index in [4.69, 9.17) is 4.52 Å². The van der Waals surface area contributed by atoms with Gasteiger partial charge < -0.3 is 9.84 Å².